The smallest absolute Gasteiger partial charge is 0.295 e. The van der Waals surface area contributed by atoms with Gasteiger partial charge in [-0.05, 0) is 12.1 Å². The zero-order valence-corrected chi connectivity index (χ0v) is 11.3. The van der Waals surface area contributed by atoms with Crippen LogP contribution in [0.25, 0.3) is 0 Å². The molecule has 0 spiro atoms. The number of hydrogen-bond acceptors (Lipinski definition) is 4. The van der Waals surface area contributed by atoms with Crippen LogP contribution in [0.2, 0.25) is 0 Å². The van der Waals surface area contributed by atoms with E-state index >= 15 is 0 Å². The Hall–Kier alpha value is -1.35. The van der Waals surface area contributed by atoms with Gasteiger partial charge in [0.05, 0.1) is 5.56 Å². The summed E-state index contributed by atoms with van der Waals surface area (Å²) in [7, 11) is 1.11. The molecule has 0 N–H and O–H groups in total. The van der Waals surface area contributed by atoms with Gasteiger partial charge < -0.3 is 0 Å². The van der Waals surface area contributed by atoms with E-state index in [0.29, 0.717) is 4.90 Å². The van der Waals surface area contributed by atoms with Crippen LogP contribution < -0.4 is 4.90 Å². The summed E-state index contributed by atoms with van der Waals surface area (Å²) in [5, 5.41) is -1.24. The van der Waals surface area contributed by atoms with Crippen molar-refractivity contribution in [2.45, 2.75) is 17.8 Å². The summed E-state index contributed by atoms with van der Waals surface area (Å²) in [5.74, 6) is -1.36. The van der Waals surface area contributed by atoms with Gasteiger partial charge in [-0.1, -0.05) is 0 Å². The predicted molar refractivity (Wildman–Crippen MR) is 64.8 cm³/mol. The molecule has 1 unspecified atom stereocenters. The zero-order chi connectivity index (χ0) is 15.1. The summed E-state index contributed by atoms with van der Waals surface area (Å²) < 4.78 is 60.9. The number of aromatic nitrogens is 1. The van der Waals surface area contributed by atoms with Crippen LogP contribution in [0.1, 0.15) is 12.0 Å². The second-order valence-electron chi connectivity index (χ2n) is 4.18. The fraction of sp³-hybridized carbons (Fsp3) is 0.400. The Morgan fingerprint density at radius 3 is 2.55 bits per heavy atom. The number of carbonyl (C=O) groups is 1. The minimum atomic E-state index is -4.69. The van der Waals surface area contributed by atoms with Crippen LogP contribution in [0, 0.1) is 0 Å². The van der Waals surface area contributed by atoms with Crippen molar-refractivity contribution in [1.82, 2.24) is 4.98 Å². The van der Waals surface area contributed by atoms with Gasteiger partial charge in [0.15, 0.2) is 0 Å². The molecular weight excluding hydrogens is 321 g/mol. The maximum Gasteiger partial charge on any atom is 0.419 e. The SMILES string of the molecule is O=C1CC(S(=O)(=O)Cl)CN1c1ncccc1C(F)(F)F. The highest BCUT2D eigenvalue weighted by molar-refractivity contribution is 8.14. The van der Waals surface area contributed by atoms with Crippen molar-refractivity contribution in [2.24, 2.45) is 0 Å². The lowest BCUT2D eigenvalue weighted by molar-refractivity contribution is -0.137. The minimum Gasteiger partial charge on any atom is -0.295 e. The molecule has 0 saturated carbocycles. The Bertz CT molecular complexity index is 647. The van der Waals surface area contributed by atoms with E-state index in [1.165, 1.54) is 0 Å². The van der Waals surface area contributed by atoms with Crippen molar-refractivity contribution in [2.75, 3.05) is 11.4 Å². The van der Waals surface area contributed by atoms with Crippen LogP contribution in [-0.4, -0.2) is 31.1 Å². The maximum absolute atomic E-state index is 12.8. The topological polar surface area (TPSA) is 67.3 Å². The van der Waals surface area contributed by atoms with Crippen molar-refractivity contribution in [3.8, 4) is 0 Å². The first-order valence-electron chi connectivity index (χ1n) is 5.37. The summed E-state index contributed by atoms with van der Waals surface area (Å²) >= 11 is 0. The number of hydrogen-bond donors (Lipinski definition) is 0. The fourth-order valence-electron chi connectivity index (χ4n) is 1.90. The van der Waals surface area contributed by atoms with E-state index in [1.807, 2.05) is 0 Å². The first-order valence-corrected chi connectivity index (χ1v) is 7.74. The fourth-order valence-corrected chi connectivity index (χ4v) is 2.93. The average molecular weight is 329 g/mol. The number of pyridine rings is 1. The number of halogens is 4. The van der Waals surface area contributed by atoms with Crippen molar-refractivity contribution < 1.29 is 26.4 Å². The average Bonchev–Trinajstić information content (AvgIpc) is 2.70. The van der Waals surface area contributed by atoms with E-state index < -0.39 is 50.7 Å². The third-order valence-electron chi connectivity index (χ3n) is 2.84. The second kappa shape index (κ2) is 4.88. The monoisotopic (exact) mass is 328 g/mol. The van der Waals surface area contributed by atoms with Gasteiger partial charge in [0, 0.05) is 29.8 Å². The second-order valence-corrected chi connectivity index (χ2v) is 7.09. The number of nitrogens with zero attached hydrogens (tertiary/aromatic N) is 2. The number of anilines is 1. The quantitative estimate of drug-likeness (QED) is 0.776. The van der Waals surface area contributed by atoms with Gasteiger partial charge >= 0.3 is 6.18 Å². The molecule has 10 heteroatoms. The van der Waals surface area contributed by atoms with Crippen molar-refractivity contribution >= 4 is 31.5 Å². The van der Waals surface area contributed by atoms with Crippen LogP contribution in [0.4, 0.5) is 19.0 Å². The Balaban J connectivity index is 2.41. The molecule has 5 nitrogen and oxygen atoms in total. The van der Waals surface area contributed by atoms with Crippen molar-refractivity contribution in [3.05, 3.63) is 23.9 Å². The van der Waals surface area contributed by atoms with Gasteiger partial charge in [0.1, 0.15) is 11.1 Å². The van der Waals surface area contributed by atoms with Crippen LogP contribution in [0.5, 0.6) is 0 Å². The molecule has 20 heavy (non-hydrogen) atoms. The lowest BCUT2D eigenvalue weighted by Crippen LogP contribution is -2.29. The first kappa shape index (κ1) is 15.0. The van der Waals surface area contributed by atoms with E-state index in [2.05, 4.69) is 4.98 Å². The summed E-state index contributed by atoms with van der Waals surface area (Å²) in [6, 6.07) is 1.86. The Morgan fingerprint density at radius 2 is 2.05 bits per heavy atom. The molecule has 0 aromatic carbocycles. The van der Waals surface area contributed by atoms with E-state index in [-0.39, 0.29) is 0 Å². The molecule has 1 fully saturated rings. The lowest BCUT2D eigenvalue weighted by Gasteiger charge is -2.19. The molecule has 1 amide bonds. The number of amides is 1. The molecule has 1 aliphatic rings. The summed E-state index contributed by atoms with van der Waals surface area (Å²) in [4.78, 5) is 15.9. The molecule has 110 valence electrons. The lowest BCUT2D eigenvalue weighted by atomic mass is 10.2. The largest absolute Gasteiger partial charge is 0.419 e. The highest BCUT2D eigenvalue weighted by Crippen LogP contribution is 2.37. The molecule has 2 heterocycles. The van der Waals surface area contributed by atoms with Gasteiger partial charge in [-0.25, -0.2) is 13.4 Å². The molecule has 0 radical (unpaired) electrons. The van der Waals surface area contributed by atoms with Gasteiger partial charge in [-0.15, -0.1) is 0 Å². The first-order chi connectivity index (χ1) is 9.10. The van der Waals surface area contributed by atoms with E-state index in [1.54, 1.807) is 0 Å². The molecule has 0 bridgehead atoms. The number of carbonyl (C=O) groups excluding carboxylic acids is 1. The summed E-state index contributed by atoms with van der Waals surface area (Å²) in [6.45, 7) is -0.440. The minimum absolute atomic E-state index is 0.440. The summed E-state index contributed by atoms with van der Waals surface area (Å²) in [5.41, 5.74) is -1.10. The van der Waals surface area contributed by atoms with E-state index in [9.17, 15) is 26.4 Å². The molecule has 1 aromatic rings. The number of rotatable bonds is 2. The Labute approximate surface area is 116 Å². The molecule has 1 aliphatic heterocycles. The third kappa shape index (κ3) is 2.88. The van der Waals surface area contributed by atoms with E-state index in [0.717, 1.165) is 18.3 Å². The van der Waals surface area contributed by atoms with Crippen LogP contribution in [0.3, 0.4) is 0 Å². The van der Waals surface area contributed by atoms with Gasteiger partial charge in [-0.2, -0.15) is 13.2 Å². The zero-order valence-electron chi connectivity index (χ0n) is 9.76. The molecule has 0 aliphatic carbocycles. The molecule has 2 rings (SSSR count). The van der Waals surface area contributed by atoms with Crippen LogP contribution in [0.15, 0.2) is 18.3 Å². The molecule has 1 saturated heterocycles. The van der Waals surface area contributed by atoms with Crippen LogP contribution in [-0.2, 0) is 20.0 Å². The van der Waals surface area contributed by atoms with Gasteiger partial charge in [0.2, 0.25) is 15.0 Å². The summed E-state index contributed by atoms with van der Waals surface area (Å²) in [6.07, 6.45) is -4.05. The van der Waals surface area contributed by atoms with E-state index in [4.69, 9.17) is 10.7 Å². The predicted octanol–water partition coefficient (Wildman–Crippen LogP) is 1.77. The number of alkyl halides is 3. The normalized spacial score (nSPS) is 20.5. The third-order valence-corrected chi connectivity index (χ3v) is 4.70. The highest BCUT2D eigenvalue weighted by atomic mass is 35.7. The van der Waals surface area contributed by atoms with Crippen LogP contribution >= 0.6 is 10.7 Å². The standard InChI is InChI=1S/C10H8ClF3N2O3S/c11-20(18,19)6-4-8(17)16(5-6)9-7(10(12,13)14)2-1-3-15-9/h1-3,6H,4-5H2. The van der Waals surface area contributed by atoms with Gasteiger partial charge in [-0.3, -0.25) is 9.69 Å². The maximum atomic E-state index is 12.8. The van der Waals surface area contributed by atoms with Gasteiger partial charge in [0.25, 0.3) is 0 Å². The molecular formula is C10H8ClF3N2O3S. The Morgan fingerprint density at radius 1 is 1.40 bits per heavy atom. The molecule has 1 atom stereocenters. The molecule has 1 aromatic heterocycles. The van der Waals surface area contributed by atoms with Crippen molar-refractivity contribution in [3.63, 3.8) is 0 Å². The van der Waals surface area contributed by atoms with Crippen molar-refractivity contribution in [1.29, 1.82) is 0 Å². The highest BCUT2D eigenvalue weighted by Gasteiger charge is 2.43. The Kier molecular flexibility index (Phi) is 3.67.